The molecule has 14 heavy (non-hydrogen) atoms. The number of esters is 1. The van der Waals surface area contributed by atoms with Crippen molar-refractivity contribution in [3.05, 3.63) is 0 Å². The fourth-order valence-corrected chi connectivity index (χ4v) is 1.48. The maximum atomic E-state index is 11.2. The number of rotatable bonds is 3. The Bertz CT molecular complexity index is 272. The highest BCUT2D eigenvalue weighted by Crippen LogP contribution is 2.32. The molecule has 0 aromatic rings. The quantitative estimate of drug-likeness (QED) is 0.469. The summed E-state index contributed by atoms with van der Waals surface area (Å²) >= 11 is 0. The van der Waals surface area contributed by atoms with Crippen LogP contribution in [0.5, 0.6) is 0 Å². The lowest BCUT2D eigenvalue weighted by molar-refractivity contribution is -0.176. The minimum absolute atomic E-state index is 0.0159. The summed E-state index contributed by atoms with van der Waals surface area (Å²) in [4.78, 5) is 22.2. The van der Waals surface area contributed by atoms with Gasteiger partial charge in [0, 0.05) is 0 Å². The Hall–Kier alpha value is -1.10. The fourth-order valence-electron chi connectivity index (χ4n) is 1.48. The largest absolute Gasteiger partial charge is 0.440 e. The van der Waals surface area contributed by atoms with Gasteiger partial charge in [0.1, 0.15) is 5.92 Å². The molecule has 0 bridgehead atoms. The molecule has 0 aromatic carbocycles. The molecule has 0 unspecified atom stereocenters. The summed E-state index contributed by atoms with van der Waals surface area (Å²) in [5.74, 6) is -1.10. The molecule has 1 aliphatic heterocycles. The number of carbonyl (C=O) groups excluding carboxylic acids is 2. The van der Waals surface area contributed by atoms with E-state index >= 15 is 0 Å². The molecular formula is C9H13NO4. The molecule has 0 aromatic heterocycles. The first-order valence-electron chi connectivity index (χ1n) is 4.78. The molecule has 2 aliphatic rings. The second-order valence-electron chi connectivity index (χ2n) is 3.91. The number of nitrogens with one attached hydrogen (secondary N) is 1. The predicted octanol–water partition coefficient (Wildman–Crippen LogP) is -0.608. The van der Waals surface area contributed by atoms with E-state index in [0.29, 0.717) is 0 Å². The van der Waals surface area contributed by atoms with Crippen LogP contribution in [0.25, 0.3) is 0 Å². The monoisotopic (exact) mass is 199 g/mol. The average molecular weight is 199 g/mol. The van der Waals surface area contributed by atoms with Crippen LogP contribution in [0.2, 0.25) is 0 Å². The Morgan fingerprint density at radius 2 is 2.29 bits per heavy atom. The predicted molar refractivity (Wildman–Crippen MR) is 45.9 cm³/mol. The minimum Gasteiger partial charge on any atom is -0.440 e. The van der Waals surface area contributed by atoms with E-state index in [1.54, 1.807) is 0 Å². The van der Waals surface area contributed by atoms with Gasteiger partial charge in [0.25, 0.3) is 0 Å². The van der Waals surface area contributed by atoms with Crippen molar-refractivity contribution in [2.24, 2.45) is 11.8 Å². The molecular weight excluding hydrogens is 186 g/mol. The highest BCUT2D eigenvalue weighted by molar-refractivity contribution is 5.87. The van der Waals surface area contributed by atoms with E-state index in [1.807, 2.05) is 0 Å². The topological polar surface area (TPSA) is 75.6 Å². The number of amides is 1. The van der Waals surface area contributed by atoms with Gasteiger partial charge in [-0.3, -0.25) is 9.59 Å². The standard InChI is InChI=1S/C9H13NO4/c1-4(11)6-7(12)10-8(6)14-9(13)5-2-3-5/h4-6,8,11H,2-3H2,1H3,(H,10,12)/t4-,6+,8-/m1/s1. The molecule has 78 valence electrons. The van der Waals surface area contributed by atoms with E-state index in [1.165, 1.54) is 6.92 Å². The minimum atomic E-state index is -0.777. The first-order chi connectivity index (χ1) is 6.59. The van der Waals surface area contributed by atoms with Gasteiger partial charge in [-0.1, -0.05) is 0 Å². The molecule has 1 heterocycles. The van der Waals surface area contributed by atoms with Crippen LogP contribution in [0.1, 0.15) is 19.8 Å². The maximum absolute atomic E-state index is 11.2. The van der Waals surface area contributed by atoms with Crippen LogP contribution < -0.4 is 5.32 Å². The molecule has 2 N–H and O–H groups in total. The van der Waals surface area contributed by atoms with Gasteiger partial charge >= 0.3 is 5.97 Å². The Kier molecular flexibility index (Phi) is 2.19. The van der Waals surface area contributed by atoms with Gasteiger partial charge in [0.2, 0.25) is 5.91 Å². The molecule has 1 saturated heterocycles. The van der Waals surface area contributed by atoms with Crippen molar-refractivity contribution in [2.45, 2.75) is 32.1 Å². The molecule has 0 radical (unpaired) electrons. The van der Waals surface area contributed by atoms with Crippen molar-refractivity contribution in [3.8, 4) is 0 Å². The lowest BCUT2D eigenvalue weighted by Gasteiger charge is -2.37. The van der Waals surface area contributed by atoms with Gasteiger partial charge in [-0.15, -0.1) is 0 Å². The average Bonchev–Trinajstić information content (AvgIpc) is 2.82. The highest BCUT2D eigenvalue weighted by atomic mass is 16.6. The van der Waals surface area contributed by atoms with Crippen molar-refractivity contribution < 1.29 is 19.4 Å². The molecule has 1 saturated carbocycles. The van der Waals surface area contributed by atoms with Gasteiger partial charge in [0.15, 0.2) is 6.23 Å². The van der Waals surface area contributed by atoms with E-state index in [2.05, 4.69) is 5.32 Å². The van der Waals surface area contributed by atoms with Crippen LogP contribution in [0.3, 0.4) is 0 Å². The summed E-state index contributed by atoms with van der Waals surface area (Å²) in [6.07, 6.45) is 0.342. The van der Waals surface area contributed by atoms with Crippen LogP contribution in [0.15, 0.2) is 0 Å². The number of aliphatic hydroxyl groups excluding tert-OH is 1. The van der Waals surface area contributed by atoms with Crippen LogP contribution >= 0.6 is 0 Å². The molecule has 2 fully saturated rings. The van der Waals surface area contributed by atoms with E-state index < -0.39 is 18.2 Å². The zero-order chi connectivity index (χ0) is 10.3. The van der Waals surface area contributed by atoms with Gasteiger partial charge in [-0.2, -0.15) is 0 Å². The Balaban J connectivity index is 1.86. The van der Waals surface area contributed by atoms with E-state index in [9.17, 15) is 14.7 Å². The van der Waals surface area contributed by atoms with Crippen molar-refractivity contribution in [1.82, 2.24) is 5.32 Å². The van der Waals surface area contributed by atoms with Gasteiger partial charge in [-0.05, 0) is 19.8 Å². The summed E-state index contributed by atoms with van der Waals surface area (Å²) in [6.45, 7) is 1.52. The third-order valence-corrected chi connectivity index (χ3v) is 2.59. The SMILES string of the molecule is C[C@@H](O)[C@H]1C(=O)N[C@@H]1OC(=O)C1CC1. The van der Waals surface area contributed by atoms with Crippen LogP contribution in [0, 0.1) is 11.8 Å². The molecule has 2 rings (SSSR count). The maximum Gasteiger partial charge on any atom is 0.310 e. The lowest BCUT2D eigenvalue weighted by atomic mass is 9.93. The summed E-state index contributed by atoms with van der Waals surface area (Å²) in [5.41, 5.74) is 0. The molecule has 5 heteroatoms. The number of ether oxygens (including phenoxy) is 1. The highest BCUT2D eigenvalue weighted by Gasteiger charge is 2.46. The Morgan fingerprint density at radius 1 is 1.64 bits per heavy atom. The summed E-state index contributed by atoms with van der Waals surface area (Å²) in [5, 5.41) is 11.7. The van der Waals surface area contributed by atoms with Gasteiger partial charge < -0.3 is 15.2 Å². The molecule has 1 amide bonds. The van der Waals surface area contributed by atoms with Crippen molar-refractivity contribution >= 4 is 11.9 Å². The van der Waals surface area contributed by atoms with Crippen LogP contribution in [-0.4, -0.2) is 29.3 Å². The van der Waals surface area contributed by atoms with Crippen molar-refractivity contribution in [2.75, 3.05) is 0 Å². The number of aliphatic hydroxyl groups is 1. The number of carbonyl (C=O) groups is 2. The lowest BCUT2D eigenvalue weighted by Crippen LogP contribution is -2.63. The Morgan fingerprint density at radius 3 is 2.71 bits per heavy atom. The Labute approximate surface area is 81.4 Å². The van der Waals surface area contributed by atoms with Crippen LogP contribution in [0.4, 0.5) is 0 Å². The van der Waals surface area contributed by atoms with Gasteiger partial charge in [-0.25, -0.2) is 0 Å². The van der Waals surface area contributed by atoms with Crippen molar-refractivity contribution in [1.29, 1.82) is 0 Å². The summed E-state index contributed by atoms with van der Waals surface area (Å²) in [7, 11) is 0. The zero-order valence-corrected chi connectivity index (χ0v) is 7.90. The van der Waals surface area contributed by atoms with E-state index in [4.69, 9.17) is 4.74 Å². The summed E-state index contributed by atoms with van der Waals surface area (Å²) in [6, 6.07) is 0. The first kappa shape index (κ1) is 9.45. The second kappa shape index (κ2) is 3.24. The third-order valence-electron chi connectivity index (χ3n) is 2.59. The molecule has 1 aliphatic carbocycles. The number of hydrogen-bond acceptors (Lipinski definition) is 4. The van der Waals surface area contributed by atoms with E-state index in [0.717, 1.165) is 12.8 Å². The number of hydrogen-bond donors (Lipinski definition) is 2. The van der Waals surface area contributed by atoms with Crippen molar-refractivity contribution in [3.63, 3.8) is 0 Å². The zero-order valence-electron chi connectivity index (χ0n) is 7.90. The smallest absolute Gasteiger partial charge is 0.310 e. The third kappa shape index (κ3) is 1.59. The fraction of sp³-hybridized carbons (Fsp3) is 0.778. The molecule has 5 nitrogen and oxygen atoms in total. The second-order valence-corrected chi connectivity index (χ2v) is 3.91. The molecule has 3 atom stereocenters. The van der Waals surface area contributed by atoms with E-state index in [-0.39, 0.29) is 17.8 Å². The molecule has 0 spiro atoms. The normalized spacial score (nSPS) is 32.9. The first-order valence-corrected chi connectivity index (χ1v) is 4.78. The van der Waals surface area contributed by atoms with Gasteiger partial charge in [0.05, 0.1) is 12.0 Å². The number of β-lactam (4-membered cyclic amide) rings is 1. The summed E-state index contributed by atoms with van der Waals surface area (Å²) < 4.78 is 5.02. The van der Waals surface area contributed by atoms with Crippen LogP contribution in [-0.2, 0) is 14.3 Å².